The number of rotatable bonds is 4. The summed E-state index contributed by atoms with van der Waals surface area (Å²) in [4.78, 5) is 8.60. The van der Waals surface area contributed by atoms with Gasteiger partial charge in [-0.15, -0.1) is 0 Å². The Balaban J connectivity index is 2.27. The van der Waals surface area contributed by atoms with Gasteiger partial charge in [0.1, 0.15) is 0 Å². The van der Waals surface area contributed by atoms with Crippen LogP contribution >= 0.6 is 0 Å². The zero-order valence-corrected chi connectivity index (χ0v) is 13.7. The number of aromatic nitrogens is 3. The Labute approximate surface area is 136 Å². The molecule has 0 atom stereocenters. The third-order valence-corrected chi connectivity index (χ3v) is 3.96. The van der Waals surface area contributed by atoms with E-state index in [0.717, 1.165) is 16.6 Å². The Bertz CT molecular complexity index is 840. The van der Waals surface area contributed by atoms with Crippen LogP contribution in [0.5, 0.6) is 0 Å². The van der Waals surface area contributed by atoms with E-state index in [-0.39, 0.29) is 4.61 Å². The van der Waals surface area contributed by atoms with Crippen LogP contribution in [-0.4, -0.2) is 42.2 Å². The molecule has 0 bridgehead atoms. The van der Waals surface area contributed by atoms with Crippen LogP contribution in [0.25, 0.3) is 11.0 Å². The summed E-state index contributed by atoms with van der Waals surface area (Å²) in [6.45, 7) is 0.594. The molecule has 0 spiro atoms. The molecule has 3 rings (SSSR count). The Kier molecular flexibility index (Phi) is 3.83. The van der Waals surface area contributed by atoms with Gasteiger partial charge in [-0.3, -0.25) is 0 Å². The molecule has 0 aliphatic rings. The van der Waals surface area contributed by atoms with Gasteiger partial charge in [-0.1, -0.05) is 0 Å². The maximum absolute atomic E-state index is 7.99. The Hall–Kier alpha value is -2.37. The zero-order valence-electron chi connectivity index (χ0n) is 12.0. The molecule has 0 aliphatic carbocycles. The molecule has 3 aromatic rings. The molecular weight excluding hydrogens is 343 g/mol. The van der Waals surface area contributed by atoms with Crippen LogP contribution in [0.1, 0.15) is 11.1 Å². The van der Waals surface area contributed by atoms with Crippen molar-refractivity contribution in [3.05, 3.63) is 47.8 Å². The molecule has 111 valence electrons. The van der Waals surface area contributed by atoms with Crippen molar-refractivity contribution < 1.29 is 0 Å². The second kappa shape index (κ2) is 5.79. The first kappa shape index (κ1) is 14.6. The second-order valence-electron chi connectivity index (χ2n) is 4.83. The van der Waals surface area contributed by atoms with Gasteiger partial charge in [0.15, 0.2) is 0 Å². The number of nitrogen functional groups attached to an aromatic ring is 1. The molecule has 4 N–H and O–H groups in total. The average Bonchev–Trinajstić information content (AvgIpc) is 2.81. The van der Waals surface area contributed by atoms with E-state index >= 15 is 0 Å². The Morgan fingerprint density at radius 1 is 1.32 bits per heavy atom. The van der Waals surface area contributed by atoms with Crippen molar-refractivity contribution in [3.63, 3.8) is 0 Å². The van der Waals surface area contributed by atoms with Crippen LogP contribution in [0, 0.1) is 5.41 Å². The van der Waals surface area contributed by atoms with Gasteiger partial charge in [-0.05, 0) is 0 Å². The van der Waals surface area contributed by atoms with Gasteiger partial charge in [-0.25, -0.2) is 0 Å². The number of anilines is 2. The van der Waals surface area contributed by atoms with E-state index in [4.69, 9.17) is 11.1 Å². The van der Waals surface area contributed by atoms with E-state index in [1.807, 2.05) is 34.9 Å². The molecule has 22 heavy (non-hydrogen) atoms. The Morgan fingerprint density at radius 2 is 2.05 bits per heavy atom. The van der Waals surface area contributed by atoms with Crippen molar-refractivity contribution in [3.8, 4) is 0 Å². The molecular formula is C15H15N6Se. The summed E-state index contributed by atoms with van der Waals surface area (Å²) in [7, 11) is 1.79. The van der Waals surface area contributed by atoms with E-state index in [1.165, 1.54) is 6.33 Å². The van der Waals surface area contributed by atoms with Gasteiger partial charge in [0.25, 0.3) is 0 Å². The van der Waals surface area contributed by atoms with Gasteiger partial charge >= 0.3 is 136 Å². The molecule has 1 radical (unpaired) electrons. The quantitative estimate of drug-likeness (QED) is 0.488. The fourth-order valence-electron chi connectivity index (χ4n) is 2.53. The van der Waals surface area contributed by atoms with Crippen molar-refractivity contribution in [2.45, 2.75) is 6.54 Å². The van der Waals surface area contributed by atoms with Crippen LogP contribution in [0.15, 0.2) is 36.7 Å². The molecule has 0 aliphatic heterocycles. The molecule has 7 heteroatoms. The van der Waals surface area contributed by atoms with Gasteiger partial charge in [-0.2, -0.15) is 0 Å². The topological polar surface area (TPSA) is 92.6 Å². The number of fused-ring (bicyclic) bond motifs is 1. The summed E-state index contributed by atoms with van der Waals surface area (Å²) in [5.74, 6) is 1.18. The molecule has 6 nitrogen and oxygen atoms in total. The molecule has 0 amide bonds. The maximum atomic E-state index is 7.99. The second-order valence-corrected chi connectivity index (χ2v) is 5.69. The molecule has 2 aromatic heterocycles. The summed E-state index contributed by atoms with van der Waals surface area (Å²) < 4.78 is 2.19. The SMILES string of the molecule is CNc1ncnc2c1c(C(=N)[Se])c(N)n2Cc1ccccc1. The van der Waals surface area contributed by atoms with Crippen LogP contribution < -0.4 is 11.1 Å². The summed E-state index contributed by atoms with van der Waals surface area (Å²) in [6, 6.07) is 10.0. The summed E-state index contributed by atoms with van der Waals surface area (Å²) >= 11 is 2.72. The number of hydrogen-bond donors (Lipinski definition) is 3. The van der Waals surface area contributed by atoms with Crippen molar-refractivity contribution in [1.29, 1.82) is 5.41 Å². The normalized spacial score (nSPS) is 10.8. The summed E-state index contributed by atoms with van der Waals surface area (Å²) in [5, 5.41) is 11.8. The third-order valence-electron chi connectivity index (χ3n) is 3.53. The van der Waals surface area contributed by atoms with E-state index in [9.17, 15) is 0 Å². The minimum absolute atomic E-state index is 0.278. The van der Waals surface area contributed by atoms with E-state index in [0.29, 0.717) is 23.7 Å². The van der Waals surface area contributed by atoms with E-state index in [1.54, 1.807) is 7.05 Å². The van der Waals surface area contributed by atoms with Crippen molar-refractivity contribution in [1.82, 2.24) is 14.5 Å². The van der Waals surface area contributed by atoms with Crippen LogP contribution in [0.4, 0.5) is 11.6 Å². The average molecular weight is 358 g/mol. The molecule has 2 heterocycles. The molecule has 0 saturated heterocycles. The van der Waals surface area contributed by atoms with Crippen molar-refractivity contribution in [2.75, 3.05) is 18.1 Å². The number of hydrogen-bond acceptors (Lipinski definition) is 5. The number of nitrogens with two attached hydrogens (primary N) is 1. The van der Waals surface area contributed by atoms with Crippen molar-refractivity contribution >= 4 is 43.3 Å². The fraction of sp³-hybridized carbons (Fsp3) is 0.133. The van der Waals surface area contributed by atoms with Crippen LogP contribution in [0.3, 0.4) is 0 Å². The predicted octanol–water partition coefficient (Wildman–Crippen LogP) is 1.60. The predicted molar refractivity (Wildman–Crippen MR) is 89.6 cm³/mol. The first-order valence-corrected chi connectivity index (χ1v) is 7.59. The molecule has 0 unspecified atom stereocenters. The van der Waals surface area contributed by atoms with Gasteiger partial charge in [0.05, 0.1) is 0 Å². The molecule has 0 saturated carbocycles. The van der Waals surface area contributed by atoms with Gasteiger partial charge < -0.3 is 0 Å². The van der Waals surface area contributed by atoms with Crippen LogP contribution in [-0.2, 0) is 6.54 Å². The first-order valence-electron chi connectivity index (χ1n) is 6.73. The van der Waals surface area contributed by atoms with Gasteiger partial charge in [0, 0.05) is 0 Å². The van der Waals surface area contributed by atoms with E-state index in [2.05, 4.69) is 31.3 Å². The number of nitrogens with one attached hydrogen (secondary N) is 2. The zero-order chi connectivity index (χ0) is 15.7. The van der Waals surface area contributed by atoms with Gasteiger partial charge in [0.2, 0.25) is 0 Å². The number of benzene rings is 1. The third kappa shape index (κ3) is 2.34. The summed E-state index contributed by atoms with van der Waals surface area (Å²) in [6.07, 6.45) is 1.50. The standard InChI is InChI=1S/C15H15N6Se/c1-18-14-11-10(13(17)22)12(16)21(15(11)20-8-19-14)7-9-5-3-2-4-6-9/h2-6,8,17H,7,16H2,1H3,(H,18,19,20). The number of nitrogens with zero attached hydrogens (tertiary/aromatic N) is 3. The van der Waals surface area contributed by atoms with Crippen molar-refractivity contribution in [2.24, 2.45) is 0 Å². The Morgan fingerprint density at radius 3 is 2.68 bits per heavy atom. The fourth-order valence-corrected chi connectivity index (χ4v) is 2.97. The van der Waals surface area contributed by atoms with E-state index < -0.39 is 0 Å². The monoisotopic (exact) mass is 359 g/mol. The summed E-state index contributed by atoms with van der Waals surface area (Å²) in [5.41, 5.74) is 8.77. The van der Waals surface area contributed by atoms with Crippen LogP contribution in [0.2, 0.25) is 0 Å². The molecule has 1 aromatic carbocycles. The molecule has 0 fully saturated rings. The first-order chi connectivity index (χ1) is 10.6. The minimum atomic E-state index is 0.278.